The Hall–Kier alpha value is -2.94. The third-order valence-electron chi connectivity index (χ3n) is 4.97. The van der Waals surface area contributed by atoms with Gasteiger partial charge in [-0.3, -0.25) is 9.69 Å². The van der Waals surface area contributed by atoms with Crippen LogP contribution in [0.1, 0.15) is 30.9 Å². The van der Waals surface area contributed by atoms with E-state index in [4.69, 9.17) is 15.4 Å². The molecule has 1 fully saturated rings. The molecule has 0 amide bonds. The molecule has 7 heteroatoms. The molecule has 1 atom stereocenters. The van der Waals surface area contributed by atoms with Gasteiger partial charge in [-0.15, -0.1) is 0 Å². The van der Waals surface area contributed by atoms with Gasteiger partial charge < -0.3 is 9.84 Å². The van der Waals surface area contributed by atoms with Crippen LogP contribution >= 0.6 is 0 Å². The highest BCUT2D eigenvalue weighted by Crippen LogP contribution is 2.28. The average Bonchev–Trinajstić information content (AvgIpc) is 2.65. The Morgan fingerprint density at radius 1 is 1.50 bits per heavy atom. The number of benzene rings is 1. The maximum Gasteiger partial charge on any atom is 0.309 e. The minimum Gasteiger partial charge on any atom is -0.489 e. The van der Waals surface area contributed by atoms with Gasteiger partial charge in [0.2, 0.25) is 0 Å². The van der Waals surface area contributed by atoms with E-state index in [1.807, 2.05) is 18.2 Å². The molecule has 3 rings (SSSR count). The van der Waals surface area contributed by atoms with Crippen LogP contribution in [-0.2, 0) is 4.79 Å². The van der Waals surface area contributed by atoms with E-state index in [0.29, 0.717) is 32.2 Å². The predicted octanol–water partition coefficient (Wildman–Crippen LogP) is 3.56. The lowest BCUT2D eigenvalue weighted by atomic mass is 9.98. The highest BCUT2D eigenvalue weighted by atomic mass is 16.5. The van der Waals surface area contributed by atoms with Crippen molar-refractivity contribution in [1.82, 2.24) is 4.90 Å². The molecule has 0 aromatic heterocycles. The van der Waals surface area contributed by atoms with E-state index < -0.39 is 5.97 Å². The minimum absolute atomic E-state index is 0.236. The Labute approximate surface area is 164 Å². The van der Waals surface area contributed by atoms with E-state index in [-0.39, 0.29) is 5.92 Å². The van der Waals surface area contributed by atoms with Crippen molar-refractivity contribution in [2.45, 2.75) is 19.8 Å². The topological polar surface area (TPSA) is 98.5 Å². The van der Waals surface area contributed by atoms with Gasteiger partial charge in [0.15, 0.2) is 0 Å². The number of azide groups is 1. The van der Waals surface area contributed by atoms with Gasteiger partial charge in [0.1, 0.15) is 12.4 Å². The van der Waals surface area contributed by atoms with Crippen LogP contribution < -0.4 is 4.74 Å². The van der Waals surface area contributed by atoms with Gasteiger partial charge in [0, 0.05) is 48.6 Å². The molecule has 2 heterocycles. The number of carboxylic acids is 1. The monoisotopic (exact) mass is 380 g/mol. The fraction of sp³-hybridized carbons (Fsp3) is 0.476. The second-order valence-electron chi connectivity index (χ2n) is 7.43. The molecule has 1 unspecified atom stereocenters. The van der Waals surface area contributed by atoms with Crippen LogP contribution in [0.2, 0.25) is 0 Å². The smallest absolute Gasteiger partial charge is 0.309 e. The molecule has 1 aromatic carbocycles. The standard InChI is InChI=1S/C21H24N4O3/c1-15(10-23-24-22)4-2-3-5-16-6-7-18-8-17(14-28-20(18)9-16)11-25-12-19(13-25)21(26)27/h6-9,15,19H,2,4,10-14H2,1H3,(H,26,27). The van der Waals surface area contributed by atoms with Gasteiger partial charge in [0.25, 0.3) is 0 Å². The molecule has 146 valence electrons. The first-order valence-electron chi connectivity index (χ1n) is 9.46. The van der Waals surface area contributed by atoms with Gasteiger partial charge in [0.05, 0.1) is 5.92 Å². The van der Waals surface area contributed by atoms with Crippen LogP contribution in [-0.4, -0.2) is 48.8 Å². The number of hydrogen-bond acceptors (Lipinski definition) is 4. The maximum atomic E-state index is 10.9. The van der Waals surface area contributed by atoms with Crippen molar-refractivity contribution in [3.8, 4) is 17.6 Å². The summed E-state index contributed by atoms with van der Waals surface area (Å²) in [5.41, 5.74) is 11.4. The van der Waals surface area contributed by atoms with Crippen molar-refractivity contribution in [2.24, 2.45) is 17.0 Å². The molecule has 0 spiro atoms. The molecule has 1 aromatic rings. The van der Waals surface area contributed by atoms with Gasteiger partial charge in [-0.2, -0.15) is 0 Å². The Kier molecular flexibility index (Phi) is 6.59. The van der Waals surface area contributed by atoms with Crippen LogP contribution in [0.5, 0.6) is 5.75 Å². The molecule has 0 aliphatic carbocycles. The largest absolute Gasteiger partial charge is 0.489 e. The van der Waals surface area contributed by atoms with E-state index in [1.54, 1.807) is 0 Å². The summed E-state index contributed by atoms with van der Waals surface area (Å²) in [6, 6.07) is 5.96. The third-order valence-corrected chi connectivity index (χ3v) is 4.97. The molecule has 2 aliphatic rings. The molecule has 2 aliphatic heterocycles. The summed E-state index contributed by atoms with van der Waals surface area (Å²) in [5.74, 6) is 6.55. The molecule has 0 bridgehead atoms. The molecule has 1 N–H and O–H groups in total. The summed E-state index contributed by atoms with van der Waals surface area (Å²) in [6.45, 7) is 5.04. The summed E-state index contributed by atoms with van der Waals surface area (Å²) in [5, 5.41) is 12.5. The van der Waals surface area contributed by atoms with Gasteiger partial charge in [-0.05, 0) is 41.7 Å². The van der Waals surface area contributed by atoms with Crippen LogP contribution in [0, 0.1) is 23.7 Å². The molecule has 28 heavy (non-hydrogen) atoms. The summed E-state index contributed by atoms with van der Waals surface area (Å²) in [6.07, 6.45) is 3.79. The first kappa shape index (κ1) is 19.8. The lowest BCUT2D eigenvalue weighted by molar-refractivity contribution is -0.147. The number of aliphatic carboxylic acids is 1. The molecule has 1 saturated heterocycles. The lowest BCUT2D eigenvalue weighted by Gasteiger charge is -2.37. The zero-order chi connectivity index (χ0) is 19.9. The van der Waals surface area contributed by atoms with Crippen molar-refractivity contribution in [1.29, 1.82) is 0 Å². The number of carboxylic acid groups (broad SMARTS) is 1. The Morgan fingerprint density at radius 2 is 2.32 bits per heavy atom. The minimum atomic E-state index is -0.714. The normalized spacial score (nSPS) is 17.0. The zero-order valence-corrected chi connectivity index (χ0v) is 16.0. The second kappa shape index (κ2) is 9.32. The fourth-order valence-electron chi connectivity index (χ4n) is 3.27. The number of carbonyl (C=O) groups is 1. The Bertz CT molecular complexity index is 871. The number of fused-ring (bicyclic) bond motifs is 1. The summed E-state index contributed by atoms with van der Waals surface area (Å²) in [7, 11) is 0. The van der Waals surface area contributed by atoms with E-state index >= 15 is 0 Å². The summed E-state index contributed by atoms with van der Waals surface area (Å²) >= 11 is 0. The number of hydrogen-bond donors (Lipinski definition) is 1. The lowest BCUT2D eigenvalue weighted by Crippen LogP contribution is -2.51. The van der Waals surface area contributed by atoms with E-state index in [1.165, 1.54) is 0 Å². The summed E-state index contributed by atoms with van der Waals surface area (Å²) < 4.78 is 5.88. The van der Waals surface area contributed by atoms with Crippen molar-refractivity contribution < 1.29 is 14.6 Å². The first-order valence-corrected chi connectivity index (χ1v) is 9.46. The third kappa shape index (κ3) is 5.29. The number of ether oxygens (including phenoxy) is 1. The molecular formula is C21H24N4O3. The quantitative estimate of drug-likeness (QED) is 0.338. The van der Waals surface area contributed by atoms with Gasteiger partial charge in [-0.25, -0.2) is 0 Å². The number of nitrogens with zero attached hydrogens (tertiary/aromatic N) is 4. The predicted molar refractivity (Wildman–Crippen MR) is 107 cm³/mol. The fourth-order valence-corrected chi connectivity index (χ4v) is 3.27. The van der Waals surface area contributed by atoms with Crippen LogP contribution in [0.3, 0.4) is 0 Å². The van der Waals surface area contributed by atoms with Crippen LogP contribution in [0.4, 0.5) is 0 Å². The Balaban J connectivity index is 1.52. The molecular weight excluding hydrogens is 356 g/mol. The van der Waals surface area contributed by atoms with E-state index in [9.17, 15) is 4.79 Å². The van der Waals surface area contributed by atoms with E-state index in [0.717, 1.165) is 41.8 Å². The van der Waals surface area contributed by atoms with Crippen molar-refractivity contribution in [3.63, 3.8) is 0 Å². The number of rotatable bonds is 7. The van der Waals surface area contributed by atoms with Crippen LogP contribution in [0.25, 0.3) is 16.5 Å². The average molecular weight is 380 g/mol. The highest BCUT2D eigenvalue weighted by Gasteiger charge is 2.32. The molecule has 7 nitrogen and oxygen atoms in total. The molecule has 0 radical (unpaired) electrons. The maximum absolute atomic E-state index is 10.9. The second-order valence-corrected chi connectivity index (χ2v) is 7.43. The number of likely N-dealkylation sites (tertiary alicyclic amines) is 1. The SMILES string of the molecule is CC(CCC#Cc1ccc2c(c1)OCC(CN1CC(C(=O)O)C1)=C2)CN=[N+]=[N-]. The Morgan fingerprint density at radius 3 is 3.07 bits per heavy atom. The summed E-state index contributed by atoms with van der Waals surface area (Å²) in [4.78, 5) is 15.8. The highest BCUT2D eigenvalue weighted by molar-refractivity contribution is 5.71. The van der Waals surface area contributed by atoms with Crippen molar-refractivity contribution in [2.75, 3.05) is 32.8 Å². The zero-order valence-electron chi connectivity index (χ0n) is 16.0. The van der Waals surface area contributed by atoms with Crippen LogP contribution in [0.15, 0.2) is 28.9 Å². The van der Waals surface area contributed by atoms with E-state index in [2.05, 4.69) is 39.8 Å². The van der Waals surface area contributed by atoms with Gasteiger partial charge in [-0.1, -0.05) is 29.9 Å². The molecule has 0 saturated carbocycles. The van der Waals surface area contributed by atoms with Gasteiger partial charge >= 0.3 is 5.97 Å². The first-order chi connectivity index (χ1) is 13.5. The van der Waals surface area contributed by atoms with Crippen molar-refractivity contribution in [3.05, 3.63) is 45.3 Å². The van der Waals surface area contributed by atoms with Crippen molar-refractivity contribution >= 4 is 12.0 Å².